The maximum atomic E-state index is 12.2. The first kappa shape index (κ1) is 23.5. The highest BCUT2D eigenvalue weighted by molar-refractivity contribution is 8.01. The largest absolute Gasteiger partial charge is 0.483 e. The third-order valence-electron chi connectivity index (χ3n) is 5.16. The first-order chi connectivity index (χ1) is 17.6. The van der Waals surface area contributed by atoms with Crippen LogP contribution in [-0.2, 0) is 4.79 Å². The molecule has 0 aliphatic carbocycles. The van der Waals surface area contributed by atoms with Gasteiger partial charge in [0.2, 0.25) is 0 Å². The Labute approximate surface area is 213 Å². The van der Waals surface area contributed by atoms with E-state index in [0.717, 1.165) is 25.3 Å². The maximum Gasteiger partial charge on any atom is 0.283 e. The molecule has 0 atom stereocenters. The van der Waals surface area contributed by atoms with E-state index in [9.17, 15) is 14.9 Å². The van der Waals surface area contributed by atoms with Gasteiger partial charge in [-0.15, -0.1) is 11.3 Å². The highest BCUT2D eigenvalue weighted by atomic mass is 32.2. The SMILES string of the molecule is O=C(COc1cccc2ccccc12)N/N=C\c1ccc(Sc2nc3ccccc3s2)c([N+](=O)[O-])c1. The average Bonchev–Trinajstić information content (AvgIpc) is 3.30. The van der Waals surface area contributed by atoms with E-state index < -0.39 is 10.8 Å². The molecule has 0 saturated heterocycles. The molecule has 4 aromatic carbocycles. The van der Waals surface area contributed by atoms with Gasteiger partial charge in [0, 0.05) is 17.0 Å². The fourth-order valence-corrected chi connectivity index (χ4v) is 5.62. The summed E-state index contributed by atoms with van der Waals surface area (Å²) in [6.45, 7) is -0.219. The number of benzene rings is 4. The number of carbonyl (C=O) groups excluding carboxylic acids is 1. The number of hydrazone groups is 1. The van der Waals surface area contributed by atoms with Crippen LogP contribution in [0.5, 0.6) is 5.75 Å². The zero-order valence-electron chi connectivity index (χ0n) is 18.7. The molecule has 36 heavy (non-hydrogen) atoms. The second kappa shape index (κ2) is 10.5. The molecule has 0 spiro atoms. The van der Waals surface area contributed by atoms with Crippen LogP contribution >= 0.6 is 23.1 Å². The molecule has 0 fully saturated rings. The predicted molar refractivity (Wildman–Crippen MR) is 142 cm³/mol. The molecule has 5 aromatic rings. The van der Waals surface area contributed by atoms with Gasteiger partial charge < -0.3 is 4.74 Å². The second-order valence-electron chi connectivity index (χ2n) is 7.59. The van der Waals surface area contributed by atoms with Crippen molar-refractivity contribution in [1.29, 1.82) is 0 Å². The number of amides is 1. The number of rotatable bonds is 8. The number of ether oxygens (including phenoxy) is 1. The second-order valence-corrected chi connectivity index (χ2v) is 9.91. The van der Waals surface area contributed by atoms with E-state index in [2.05, 4.69) is 15.5 Å². The topological polar surface area (TPSA) is 107 Å². The van der Waals surface area contributed by atoms with E-state index in [0.29, 0.717) is 16.2 Å². The zero-order valence-corrected chi connectivity index (χ0v) is 20.3. The number of nitro groups is 1. The van der Waals surface area contributed by atoms with Gasteiger partial charge in [0.25, 0.3) is 11.6 Å². The van der Waals surface area contributed by atoms with Gasteiger partial charge in [-0.2, -0.15) is 5.10 Å². The fourth-order valence-electron chi connectivity index (χ4n) is 3.51. The van der Waals surface area contributed by atoms with Crippen LogP contribution in [0.25, 0.3) is 21.0 Å². The predicted octanol–water partition coefficient (Wildman–Crippen LogP) is 6.04. The summed E-state index contributed by atoms with van der Waals surface area (Å²) in [7, 11) is 0. The number of aromatic nitrogens is 1. The fraction of sp³-hybridized carbons (Fsp3) is 0.0385. The summed E-state index contributed by atoms with van der Waals surface area (Å²) in [6.07, 6.45) is 1.36. The molecule has 0 radical (unpaired) electrons. The summed E-state index contributed by atoms with van der Waals surface area (Å²) in [5.41, 5.74) is 3.66. The van der Waals surface area contributed by atoms with Crippen molar-refractivity contribution >= 4 is 61.9 Å². The van der Waals surface area contributed by atoms with Crippen molar-refractivity contribution < 1.29 is 14.5 Å². The van der Waals surface area contributed by atoms with Crippen molar-refractivity contribution in [1.82, 2.24) is 10.4 Å². The molecule has 10 heteroatoms. The van der Waals surface area contributed by atoms with Crippen molar-refractivity contribution in [3.8, 4) is 5.75 Å². The number of nitrogens with one attached hydrogen (secondary N) is 1. The minimum atomic E-state index is -0.448. The molecule has 0 saturated carbocycles. The first-order valence-corrected chi connectivity index (χ1v) is 12.4. The number of nitro benzene ring substituents is 1. The third-order valence-corrected chi connectivity index (χ3v) is 7.32. The van der Waals surface area contributed by atoms with Crippen molar-refractivity contribution in [3.63, 3.8) is 0 Å². The summed E-state index contributed by atoms with van der Waals surface area (Å²) in [6, 6.07) is 25.8. The molecule has 8 nitrogen and oxygen atoms in total. The molecule has 1 heterocycles. The Morgan fingerprint density at radius 2 is 1.89 bits per heavy atom. The van der Waals surface area contributed by atoms with E-state index in [1.165, 1.54) is 35.4 Å². The number of hydrogen-bond acceptors (Lipinski definition) is 8. The number of para-hydroxylation sites is 1. The molecule has 0 unspecified atom stereocenters. The van der Waals surface area contributed by atoms with E-state index >= 15 is 0 Å². The van der Waals surface area contributed by atoms with Crippen LogP contribution in [0.15, 0.2) is 99.3 Å². The molecule has 1 amide bonds. The minimum absolute atomic E-state index is 0.0613. The summed E-state index contributed by atoms with van der Waals surface area (Å²) in [5.74, 6) is 0.153. The Kier molecular flexibility index (Phi) is 6.87. The molecular formula is C26H18N4O4S2. The highest BCUT2D eigenvalue weighted by Gasteiger charge is 2.17. The number of hydrogen-bond donors (Lipinski definition) is 1. The van der Waals surface area contributed by atoms with Crippen molar-refractivity contribution in [2.24, 2.45) is 5.10 Å². The standard InChI is InChI=1S/C26H18N4O4S2/c31-25(16-34-22-10-5-7-18-6-1-2-8-19(18)22)29-27-15-17-12-13-24(21(14-17)30(32)33)36-26-28-20-9-3-4-11-23(20)35-26/h1-15H,16H2,(H,29,31)/b27-15-. The van der Waals surface area contributed by atoms with Gasteiger partial charge in [0.15, 0.2) is 10.9 Å². The average molecular weight is 515 g/mol. The van der Waals surface area contributed by atoms with E-state index in [4.69, 9.17) is 4.74 Å². The van der Waals surface area contributed by atoms with Crippen LogP contribution in [-0.4, -0.2) is 28.6 Å². The van der Waals surface area contributed by atoms with Crippen LogP contribution in [0.2, 0.25) is 0 Å². The number of thiazole rings is 1. The van der Waals surface area contributed by atoms with Crippen molar-refractivity contribution in [2.45, 2.75) is 9.24 Å². The molecule has 178 valence electrons. The van der Waals surface area contributed by atoms with E-state index in [1.807, 2.05) is 60.7 Å². The normalized spacial score (nSPS) is 11.2. The smallest absolute Gasteiger partial charge is 0.283 e. The Bertz CT molecular complexity index is 1580. The quantitative estimate of drug-likeness (QED) is 0.154. The summed E-state index contributed by atoms with van der Waals surface area (Å²) in [4.78, 5) is 28.4. The molecule has 1 aromatic heterocycles. The molecule has 5 rings (SSSR count). The number of fused-ring (bicyclic) bond motifs is 2. The monoisotopic (exact) mass is 514 g/mol. The maximum absolute atomic E-state index is 12.2. The zero-order chi connectivity index (χ0) is 24.9. The van der Waals surface area contributed by atoms with E-state index in [1.54, 1.807) is 18.2 Å². The lowest BCUT2D eigenvalue weighted by Crippen LogP contribution is -2.24. The number of carbonyl (C=O) groups is 1. The van der Waals surface area contributed by atoms with Crippen molar-refractivity contribution in [2.75, 3.05) is 6.61 Å². The number of nitrogens with zero attached hydrogens (tertiary/aromatic N) is 3. The molecule has 1 N–H and O–H groups in total. The Hall–Kier alpha value is -4.28. The lowest BCUT2D eigenvalue weighted by Gasteiger charge is -2.08. The van der Waals surface area contributed by atoms with Gasteiger partial charge in [0.05, 0.1) is 26.3 Å². The summed E-state index contributed by atoms with van der Waals surface area (Å²) in [5, 5.41) is 17.5. The molecule has 0 aliphatic heterocycles. The van der Waals surface area contributed by atoms with Crippen LogP contribution < -0.4 is 10.2 Å². The van der Waals surface area contributed by atoms with Gasteiger partial charge in [-0.25, -0.2) is 10.4 Å². The minimum Gasteiger partial charge on any atom is -0.483 e. The lowest BCUT2D eigenvalue weighted by molar-refractivity contribution is -0.387. The molecule has 0 aliphatic rings. The Morgan fingerprint density at radius 3 is 2.75 bits per heavy atom. The third kappa shape index (κ3) is 5.35. The lowest BCUT2D eigenvalue weighted by atomic mass is 10.1. The first-order valence-electron chi connectivity index (χ1n) is 10.8. The van der Waals surface area contributed by atoms with Gasteiger partial charge in [0.1, 0.15) is 5.75 Å². The van der Waals surface area contributed by atoms with Crippen LogP contribution in [0.4, 0.5) is 5.69 Å². The van der Waals surface area contributed by atoms with Crippen LogP contribution in [0, 0.1) is 10.1 Å². The van der Waals surface area contributed by atoms with Crippen LogP contribution in [0.1, 0.15) is 5.56 Å². The highest BCUT2D eigenvalue weighted by Crippen LogP contribution is 2.38. The van der Waals surface area contributed by atoms with Gasteiger partial charge >= 0.3 is 0 Å². The van der Waals surface area contributed by atoms with Crippen molar-refractivity contribution in [3.05, 3.63) is 101 Å². The summed E-state index contributed by atoms with van der Waals surface area (Å²) < 4.78 is 7.39. The molecule has 0 bridgehead atoms. The summed E-state index contributed by atoms with van der Waals surface area (Å²) >= 11 is 2.73. The Balaban J connectivity index is 1.22. The van der Waals surface area contributed by atoms with Gasteiger partial charge in [-0.3, -0.25) is 14.9 Å². The van der Waals surface area contributed by atoms with Gasteiger partial charge in [-0.1, -0.05) is 66.4 Å². The Morgan fingerprint density at radius 1 is 1.08 bits per heavy atom. The van der Waals surface area contributed by atoms with E-state index in [-0.39, 0.29) is 12.3 Å². The van der Waals surface area contributed by atoms with Crippen LogP contribution in [0.3, 0.4) is 0 Å². The molecular weight excluding hydrogens is 496 g/mol. The van der Waals surface area contributed by atoms with Gasteiger partial charge in [-0.05, 0) is 29.7 Å².